The monoisotopic (exact) mass is 468 g/mol. The third kappa shape index (κ3) is 3.83. The number of benzene rings is 1. The summed E-state index contributed by atoms with van der Waals surface area (Å²) in [6.07, 6.45) is 1.65. The second-order valence-corrected chi connectivity index (χ2v) is 8.95. The molecule has 0 aliphatic carbocycles. The lowest BCUT2D eigenvalue weighted by molar-refractivity contribution is 0.247. The van der Waals surface area contributed by atoms with Crippen molar-refractivity contribution in [1.82, 2.24) is 24.1 Å². The van der Waals surface area contributed by atoms with Crippen LogP contribution in [0.25, 0.3) is 10.6 Å². The van der Waals surface area contributed by atoms with E-state index in [1.165, 1.54) is 16.0 Å². The van der Waals surface area contributed by atoms with E-state index in [9.17, 15) is 9.59 Å². The lowest BCUT2D eigenvalue weighted by Gasteiger charge is -2.36. The Hall–Kier alpha value is -3.01. The molecule has 0 N–H and O–H groups in total. The number of para-hydroxylation sites is 1. The SMILES string of the molecule is Cc1csc2nc(CN3CCN(c4cnn(-c5ccccc5)c(=O)c4Cl)CC3)cc(=O)n12. The minimum absolute atomic E-state index is 0.0424. The number of rotatable bonds is 4. The molecule has 0 radical (unpaired) electrons. The Labute approximate surface area is 192 Å². The maximum atomic E-state index is 12.8. The highest BCUT2D eigenvalue weighted by Gasteiger charge is 2.22. The molecular formula is C22H21ClN6O2S. The molecule has 8 nitrogen and oxygen atoms in total. The molecule has 1 aromatic carbocycles. The van der Waals surface area contributed by atoms with Crippen molar-refractivity contribution in [3.05, 3.63) is 85.1 Å². The molecule has 5 rings (SSSR count). The van der Waals surface area contributed by atoms with Gasteiger partial charge in [-0.05, 0) is 19.1 Å². The quantitative estimate of drug-likeness (QED) is 0.458. The number of hydrogen-bond donors (Lipinski definition) is 0. The van der Waals surface area contributed by atoms with E-state index in [4.69, 9.17) is 11.6 Å². The van der Waals surface area contributed by atoms with Gasteiger partial charge in [-0.1, -0.05) is 29.8 Å². The van der Waals surface area contributed by atoms with E-state index in [1.807, 2.05) is 42.6 Å². The average Bonchev–Trinajstić information content (AvgIpc) is 3.18. The third-order valence-electron chi connectivity index (χ3n) is 5.63. The first kappa shape index (κ1) is 20.9. The number of fused-ring (bicyclic) bond motifs is 1. The molecule has 10 heteroatoms. The van der Waals surface area contributed by atoms with Crippen LogP contribution in [0, 0.1) is 6.92 Å². The van der Waals surface area contributed by atoms with Gasteiger partial charge >= 0.3 is 0 Å². The molecule has 0 unspecified atom stereocenters. The summed E-state index contributed by atoms with van der Waals surface area (Å²) in [6.45, 7) is 5.46. The summed E-state index contributed by atoms with van der Waals surface area (Å²) in [5.41, 5.74) is 2.63. The number of nitrogens with zero attached hydrogens (tertiary/aromatic N) is 6. The van der Waals surface area contributed by atoms with E-state index in [2.05, 4.69) is 19.9 Å². The Bertz CT molecular complexity index is 1390. The van der Waals surface area contributed by atoms with Crippen LogP contribution in [0.15, 0.2) is 57.6 Å². The molecule has 0 atom stereocenters. The number of piperazine rings is 1. The van der Waals surface area contributed by atoms with Crippen molar-refractivity contribution in [1.29, 1.82) is 0 Å². The highest BCUT2D eigenvalue weighted by Crippen LogP contribution is 2.23. The number of aryl methyl sites for hydroxylation is 1. The lowest BCUT2D eigenvalue weighted by Crippen LogP contribution is -2.46. The predicted molar refractivity (Wildman–Crippen MR) is 126 cm³/mol. The molecular weight excluding hydrogens is 448 g/mol. The fraction of sp³-hybridized carbons (Fsp3) is 0.273. The molecule has 1 fully saturated rings. The normalized spacial score (nSPS) is 14.9. The van der Waals surface area contributed by atoms with Gasteiger partial charge in [-0.15, -0.1) is 11.3 Å². The van der Waals surface area contributed by atoms with Gasteiger partial charge in [-0.2, -0.15) is 9.78 Å². The van der Waals surface area contributed by atoms with Gasteiger partial charge in [0.2, 0.25) is 0 Å². The Morgan fingerprint density at radius 1 is 1.09 bits per heavy atom. The number of anilines is 1. The first-order valence-electron chi connectivity index (χ1n) is 10.3. The first-order chi connectivity index (χ1) is 15.5. The van der Waals surface area contributed by atoms with Crippen molar-refractivity contribution in [3.8, 4) is 5.69 Å². The molecule has 1 aliphatic heterocycles. The second kappa shape index (κ2) is 8.50. The zero-order valence-electron chi connectivity index (χ0n) is 17.4. The summed E-state index contributed by atoms with van der Waals surface area (Å²) < 4.78 is 2.95. The van der Waals surface area contributed by atoms with Gasteiger partial charge in [0.1, 0.15) is 5.02 Å². The Morgan fingerprint density at radius 3 is 2.59 bits per heavy atom. The largest absolute Gasteiger partial charge is 0.366 e. The van der Waals surface area contributed by atoms with Crippen molar-refractivity contribution in [2.24, 2.45) is 0 Å². The standard InChI is InChI=1S/C22H21ClN6O2S/c1-15-14-32-22-25-16(11-19(30)28(15)22)13-26-7-9-27(10-8-26)18-12-24-29(21(31)20(18)23)17-5-3-2-4-6-17/h2-6,11-12,14H,7-10,13H2,1H3. The molecule has 32 heavy (non-hydrogen) atoms. The lowest BCUT2D eigenvalue weighted by atomic mass is 10.2. The molecule has 164 valence electrons. The van der Waals surface area contributed by atoms with Gasteiger partial charge in [0.05, 0.1) is 23.3 Å². The molecule has 0 bridgehead atoms. The second-order valence-electron chi connectivity index (χ2n) is 7.74. The van der Waals surface area contributed by atoms with Crippen molar-refractivity contribution in [2.75, 3.05) is 31.1 Å². The summed E-state index contributed by atoms with van der Waals surface area (Å²) in [5, 5.41) is 6.44. The zero-order chi connectivity index (χ0) is 22.2. The Balaban J connectivity index is 1.29. The van der Waals surface area contributed by atoms with E-state index in [0.717, 1.165) is 29.4 Å². The van der Waals surface area contributed by atoms with E-state index in [0.29, 0.717) is 31.0 Å². The summed E-state index contributed by atoms with van der Waals surface area (Å²) in [5.74, 6) is 0. The van der Waals surface area contributed by atoms with Crippen LogP contribution in [0.3, 0.4) is 0 Å². The van der Waals surface area contributed by atoms with E-state index < -0.39 is 0 Å². The van der Waals surface area contributed by atoms with Crippen molar-refractivity contribution in [3.63, 3.8) is 0 Å². The highest BCUT2D eigenvalue weighted by molar-refractivity contribution is 7.15. The molecule has 0 saturated carbocycles. The van der Waals surface area contributed by atoms with Gasteiger partial charge in [0.15, 0.2) is 4.96 Å². The fourth-order valence-corrected chi connectivity index (χ4v) is 5.09. The highest BCUT2D eigenvalue weighted by atomic mass is 35.5. The molecule has 0 spiro atoms. The third-order valence-corrected chi connectivity index (χ3v) is 6.93. The maximum Gasteiger partial charge on any atom is 0.292 e. The van der Waals surface area contributed by atoms with Gasteiger partial charge in [0.25, 0.3) is 11.1 Å². The summed E-state index contributed by atoms with van der Waals surface area (Å²) in [6, 6.07) is 10.8. The van der Waals surface area contributed by atoms with Crippen molar-refractivity contribution in [2.45, 2.75) is 13.5 Å². The molecule has 3 aromatic heterocycles. The summed E-state index contributed by atoms with van der Waals surface area (Å²) in [7, 11) is 0. The van der Waals surface area contributed by atoms with Crippen molar-refractivity contribution >= 4 is 33.6 Å². The van der Waals surface area contributed by atoms with Crippen LogP contribution < -0.4 is 16.0 Å². The number of hydrogen-bond acceptors (Lipinski definition) is 7. The smallest absolute Gasteiger partial charge is 0.292 e. The molecule has 1 aliphatic rings. The zero-order valence-corrected chi connectivity index (χ0v) is 19.0. The minimum atomic E-state index is -0.331. The first-order valence-corrected chi connectivity index (χ1v) is 11.5. The number of thiazole rings is 1. The van der Waals surface area contributed by atoms with Crippen LogP contribution in [-0.2, 0) is 6.54 Å². The number of halogens is 1. The Morgan fingerprint density at radius 2 is 1.84 bits per heavy atom. The van der Waals surface area contributed by atoms with Crippen LogP contribution in [-0.4, -0.2) is 50.2 Å². The number of aromatic nitrogens is 4. The predicted octanol–water partition coefficient (Wildman–Crippen LogP) is 2.59. The molecule has 4 heterocycles. The average molecular weight is 469 g/mol. The van der Waals surface area contributed by atoms with Gasteiger partial charge in [-0.25, -0.2) is 4.98 Å². The van der Waals surface area contributed by atoms with Crippen LogP contribution in [0.2, 0.25) is 5.02 Å². The molecule has 1 saturated heterocycles. The van der Waals surface area contributed by atoms with E-state index in [-0.39, 0.29) is 16.1 Å². The topological polar surface area (TPSA) is 75.7 Å². The Kier molecular flexibility index (Phi) is 5.54. The van der Waals surface area contributed by atoms with E-state index in [1.54, 1.807) is 16.7 Å². The van der Waals surface area contributed by atoms with Crippen LogP contribution in [0.4, 0.5) is 5.69 Å². The van der Waals surface area contributed by atoms with E-state index >= 15 is 0 Å². The molecule has 0 amide bonds. The van der Waals surface area contributed by atoms with Crippen LogP contribution in [0.5, 0.6) is 0 Å². The van der Waals surface area contributed by atoms with Gasteiger partial charge in [0, 0.05) is 49.9 Å². The summed E-state index contributed by atoms with van der Waals surface area (Å²) in [4.78, 5) is 34.9. The minimum Gasteiger partial charge on any atom is -0.366 e. The van der Waals surface area contributed by atoms with Crippen LogP contribution >= 0.6 is 22.9 Å². The van der Waals surface area contributed by atoms with Gasteiger partial charge in [-0.3, -0.25) is 18.9 Å². The van der Waals surface area contributed by atoms with Crippen LogP contribution in [0.1, 0.15) is 11.4 Å². The van der Waals surface area contributed by atoms with Crippen molar-refractivity contribution < 1.29 is 0 Å². The molecule has 4 aromatic rings. The maximum absolute atomic E-state index is 12.8. The fourth-order valence-electron chi connectivity index (χ4n) is 3.96. The van der Waals surface area contributed by atoms with Gasteiger partial charge < -0.3 is 4.90 Å². The summed E-state index contributed by atoms with van der Waals surface area (Å²) >= 11 is 7.92.